The largest absolute Gasteiger partial charge is 0.493 e. The van der Waals surface area contributed by atoms with Crippen molar-refractivity contribution < 1.29 is 14.2 Å². The molecule has 0 aliphatic carbocycles. The van der Waals surface area contributed by atoms with Crippen LogP contribution in [0.4, 0.5) is 0 Å². The highest BCUT2D eigenvalue weighted by Gasteiger charge is 2.16. The van der Waals surface area contributed by atoms with Gasteiger partial charge in [0.25, 0.3) is 0 Å². The van der Waals surface area contributed by atoms with Gasteiger partial charge in [-0.05, 0) is 23.6 Å². The SMILES string of the molecule is COc1cc(-c2cnc3cnc(-c4cccs4)cn23)cc(OC)c1OC. The van der Waals surface area contributed by atoms with Crippen molar-refractivity contribution in [1.82, 2.24) is 14.4 Å². The Morgan fingerprint density at radius 2 is 1.73 bits per heavy atom. The predicted octanol–water partition coefficient (Wildman–Crippen LogP) is 4.15. The normalized spacial score (nSPS) is 10.9. The number of hydrogen-bond donors (Lipinski definition) is 0. The third-order valence-corrected chi connectivity index (χ3v) is 5.02. The lowest BCUT2D eigenvalue weighted by molar-refractivity contribution is 0.324. The molecule has 6 nitrogen and oxygen atoms in total. The highest BCUT2D eigenvalue weighted by atomic mass is 32.1. The molecule has 0 aliphatic heterocycles. The van der Waals surface area contributed by atoms with Crippen LogP contribution in [-0.2, 0) is 0 Å². The Morgan fingerprint density at radius 3 is 2.35 bits per heavy atom. The summed E-state index contributed by atoms with van der Waals surface area (Å²) in [7, 11) is 4.80. The molecule has 4 aromatic rings. The van der Waals surface area contributed by atoms with Gasteiger partial charge < -0.3 is 14.2 Å². The quantitative estimate of drug-likeness (QED) is 0.530. The molecule has 7 heteroatoms. The Morgan fingerprint density at radius 1 is 0.962 bits per heavy atom. The van der Waals surface area contributed by atoms with E-state index in [4.69, 9.17) is 14.2 Å². The van der Waals surface area contributed by atoms with E-state index >= 15 is 0 Å². The molecule has 3 aromatic heterocycles. The van der Waals surface area contributed by atoms with E-state index in [1.807, 2.05) is 40.4 Å². The molecule has 3 heterocycles. The number of rotatable bonds is 5. The van der Waals surface area contributed by atoms with Gasteiger partial charge in [-0.25, -0.2) is 9.97 Å². The number of nitrogens with zero attached hydrogens (tertiary/aromatic N) is 3. The monoisotopic (exact) mass is 367 g/mol. The molecule has 1 aromatic carbocycles. The summed E-state index contributed by atoms with van der Waals surface area (Å²) in [5.74, 6) is 1.77. The second kappa shape index (κ2) is 6.68. The summed E-state index contributed by atoms with van der Waals surface area (Å²) in [4.78, 5) is 10.1. The molecule has 4 rings (SSSR count). The van der Waals surface area contributed by atoms with Gasteiger partial charge in [0, 0.05) is 11.8 Å². The van der Waals surface area contributed by atoms with Crippen LogP contribution in [0.25, 0.3) is 27.5 Å². The van der Waals surface area contributed by atoms with Crippen molar-refractivity contribution in [2.24, 2.45) is 0 Å². The van der Waals surface area contributed by atoms with Gasteiger partial charge in [-0.2, -0.15) is 0 Å². The fraction of sp³-hybridized carbons (Fsp3) is 0.158. The molecule has 0 N–H and O–H groups in total. The Hall–Kier alpha value is -3.06. The molecule has 0 spiro atoms. The van der Waals surface area contributed by atoms with Crippen LogP contribution in [0.1, 0.15) is 0 Å². The van der Waals surface area contributed by atoms with E-state index in [1.54, 1.807) is 38.9 Å². The van der Waals surface area contributed by atoms with Crippen LogP contribution in [0.15, 0.2) is 48.2 Å². The fourth-order valence-electron chi connectivity index (χ4n) is 2.88. The van der Waals surface area contributed by atoms with E-state index in [0.717, 1.165) is 27.5 Å². The molecule has 0 bridgehead atoms. The molecule has 0 amide bonds. The first-order chi connectivity index (χ1) is 12.7. The Labute approximate surface area is 154 Å². The molecule has 0 fully saturated rings. The number of aromatic nitrogens is 3. The number of imidazole rings is 1. The molecule has 0 saturated carbocycles. The van der Waals surface area contributed by atoms with Gasteiger partial charge in [0.2, 0.25) is 5.75 Å². The average Bonchev–Trinajstić information content (AvgIpc) is 3.36. The minimum atomic E-state index is 0.563. The minimum absolute atomic E-state index is 0.563. The number of hydrogen-bond acceptors (Lipinski definition) is 6. The minimum Gasteiger partial charge on any atom is -0.493 e. The van der Waals surface area contributed by atoms with Crippen molar-refractivity contribution in [1.29, 1.82) is 0 Å². The van der Waals surface area contributed by atoms with Crippen LogP contribution in [0.2, 0.25) is 0 Å². The maximum absolute atomic E-state index is 5.47. The van der Waals surface area contributed by atoms with Gasteiger partial charge in [0.1, 0.15) is 0 Å². The van der Waals surface area contributed by atoms with Gasteiger partial charge in [0.05, 0.1) is 50.0 Å². The zero-order valence-electron chi connectivity index (χ0n) is 14.6. The summed E-state index contributed by atoms with van der Waals surface area (Å²) in [6.07, 6.45) is 5.58. The van der Waals surface area contributed by atoms with E-state index in [-0.39, 0.29) is 0 Å². The van der Waals surface area contributed by atoms with Gasteiger partial charge >= 0.3 is 0 Å². The van der Waals surface area contributed by atoms with Crippen molar-refractivity contribution in [3.05, 3.63) is 48.2 Å². The van der Waals surface area contributed by atoms with Crippen LogP contribution < -0.4 is 14.2 Å². The van der Waals surface area contributed by atoms with Crippen molar-refractivity contribution in [2.75, 3.05) is 21.3 Å². The standard InChI is InChI=1S/C19H17N3O3S/c1-23-15-7-12(8-16(24-2)19(15)25-3)14-9-21-18-10-20-13(11-22(14)18)17-5-4-6-26-17/h4-11H,1-3H3. The first-order valence-electron chi connectivity index (χ1n) is 7.92. The van der Waals surface area contributed by atoms with Crippen molar-refractivity contribution >= 4 is 17.0 Å². The fourth-order valence-corrected chi connectivity index (χ4v) is 3.57. The summed E-state index contributed by atoms with van der Waals surface area (Å²) in [5.41, 5.74) is 3.50. The molecule has 26 heavy (non-hydrogen) atoms. The number of ether oxygens (including phenoxy) is 3. The highest BCUT2D eigenvalue weighted by molar-refractivity contribution is 7.13. The van der Waals surface area contributed by atoms with Crippen LogP contribution in [0.5, 0.6) is 17.2 Å². The topological polar surface area (TPSA) is 57.9 Å². The maximum atomic E-state index is 5.47. The number of benzene rings is 1. The van der Waals surface area contributed by atoms with E-state index in [2.05, 4.69) is 16.0 Å². The lowest BCUT2D eigenvalue weighted by Gasteiger charge is -2.14. The van der Waals surface area contributed by atoms with Crippen LogP contribution in [0.3, 0.4) is 0 Å². The number of thiophene rings is 1. The zero-order valence-corrected chi connectivity index (χ0v) is 15.4. The summed E-state index contributed by atoms with van der Waals surface area (Å²) in [6.45, 7) is 0. The van der Waals surface area contributed by atoms with Crippen LogP contribution in [-0.4, -0.2) is 35.7 Å². The summed E-state index contributed by atoms with van der Waals surface area (Å²) in [5, 5.41) is 2.04. The molecule has 0 atom stereocenters. The number of fused-ring (bicyclic) bond motifs is 1. The first-order valence-corrected chi connectivity index (χ1v) is 8.80. The van der Waals surface area contributed by atoms with Gasteiger partial charge in [0.15, 0.2) is 17.1 Å². The summed E-state index contributed by atoms with van der Waals surface area (Å²) < 4.78 is 18.4. The molecule has 0 radical (unpaired) electrons. The molecule has 0 unspecified atom stereocenters. The lowest BCUT2D eigenvalue weighted by Crippen LogP contribution is -1.97. The number of methoxy groups -OCH3 is 3. The smallest absolute Gasteiger partial charge is 0.203 e. The van der Waals surface area contributed by atoms with Crippen LogP contribution >= 0.6 is 11.3 Å². The van der Waals surface area contributed by atoms with Crippen molar-refractivity contribution in [3.63, 3.8) is 0 Å². The molecular formula is C19H17N3O3S. The third-order valence-electron chi connectivity index (χ3n) is 4.13. The molecule has 132 valence electrons. The second-order valence-corrected chi connectivity index (χ2v) is 6.48. The predicted molar refractivity (Wildman–Crippen MR) is 101 cm³/mol. The molecule has 0 saturated heterocycles. The van der Waals surface area contributed by atoms with Gasteiger partial charge in [-0.3, -0.25) is 4.40 Å². The van der Waals surface area contributed by atoms with E-state index in [0.29, 0.717) is 17.2 Å². The molecular weight excluding hydrogens is 350 g/mol. The first kappa shape index (κ1) is 16.4. The van der Waals surface area contributed by atoms with Crippen molar-refractivity contribution in [2.45, 2.75) is 0 Å². The highest BCUT2D eigenvalue weighted by Crippen LogP contribution is 2.41. The van der Waals surface area contributed by atoms with E-state index in [1.165, 1.54) is 0 Å². The van der Waals surface area contributed by atoms with Gasteiger partial charge in [-0.15, -0.1) is 11.3 Å². The Balaban J connectivity index is 1.90. The Kier molecular flexibility index (Phi) is 4.22. The van der Waals surface area contributed by atoms with Crippen LogP contribution in [0, 0.1) is 0 Å². The maximum Gasteiger partial charge on any atom is 0.203 e. The summed E-state index contributed by atoms with van der Waals surface area (Å²) >= 11 is 1.65. The molecule has 0 aliphatic rings. The summed E-state index contributed by atoms with van der Waals surface area (Å²) in [6, 6.07) is 7.89. The van der Waals surface area contributed by atoms with E-state index in [9.17, 15) is 0 Å². The second-order valence-electron chi connectivity index (χ2n) is 5.54. The third kappa shape index (κ3) is 2.66. The zero-order chi connectivity index (χ0) is 18.1. The van der Waals surface area contributed by atoms with E-state index < -0.39 is 0 Å². The lowest BCUT2D eigenvalue weighted by atomic mass is 10.1. The van der Waals surface area contributed by atoms with Crippen molar-refractivity contribution in [3.8, 4) is 39.1 Å². The average molecular weight is 367 g/mol. The van der Waals surface area contributed by atoms with Gasteiger partial charge in [-0.1, -0.05) is 6.07 Å². The Bertz CT molecular complexity index is 1030.